The Bertz CT molecular complexity index is 419. The van der Waals surface area contributed by atoms with E-state index in [1.807, 2.05) is 35.2 Å². The maximum absolute atomic E-state index is 13.6. The summed E-state index contributed by atoms with van der Waals surface area (Å²) in [5.41, 5.74) is 1.09. The van der Waals surface area contributed by atoms with Crippen molar-refractivity contribution in [3.05, 3.63) is 35.9 Å². The maximum Gasteiger partial charge on any atom is 0.260 e. The Morgan fingerprint density at radius 2 is 2.06 bits per heavy atom. The molecule has 0 bridgehead atoms. The number of carbonyl (C=O) groups is 1. The molecule has 1 aliphatic rings. The van der Waals surface area contributed by atoms with Crippen LogP contribution in [0.15, 0.2) is 30.3 Å². The zero-order valence-electron chi connectivity index (χ0n) is 10.4. The highest BCUT2D eigenvalue weighted by Gasteiger charge is 2.46. The Morgan fingerprint density at radius 3 is 2.67 bits per heavy atom. The third-order valence-corrected chi connectivity index (χ3v) is 3.45. The van der Waals surface area contributed by atoms with Gasteiger partial charge in [-0.2, -0.15) is 0 Å². The molecule has 1 atom stereocenters. The molecule has 1 unspecified atom stereocenters. The normalized spacial score (nSPS) is 23.8. The second kappa shape index (κ2) is 5.14. The van der Waals surface area contributed by atoms with Crippen LogP contribution in [0.4, 0.5) is 8.78 Å². The van der Waals surface area contributed by atoms with Gasteiger partial charge >= 0.3 is 0 Å². The van der Waals surface area contributed by atoms with Crippen LogP contribution in [0, 0.1) is 5.92 Å². The van der Waals surface area contributed by atoms with Crippen molar-refractivity contribution in [2.75, 3.05) is 13.1 Å². The van der Waals surface area contributed by atoms with E-state index >= 15 is 0 Å². The number of Topliss-reactive ketones (excluding diaryl/α,β-unsaturated/α-hetero) is 1. The molecule has 0 radical (unpaired) electrons. The lowest BCUT2D eigenvalue weighted by Crippen LogP contribution is -2.49. The first-order chi connectivity index (χ1) is 8.49. The third-order valence-electron chi connectivity index (χ3n) is 3.45. The lowest BCUT2D eigenvalue weighted by molar-refractivity contribution is -0.146. The van der Waals surface area contributed by atoms with Crippen LogP contribution in [-0.2, 0) is 11.3 Å². The molecule has 0 spiro atoms. The molecule has 0 aliphatic carbocycles. The molecule has 0 saturated carbocycles. The number of hydrogen-bond acceptors (Lipinski definition) is 2. The van der Waals surface area contributed by atoms with Gasteiger partial charge < -0.3 is 0 Å². The van der Waals surface area contributed by atoms with Gasteiger partial charge in [-0.3, -0.25) is 9.69 Å². The number of benzene rings is 1. The monoisotopic (exact) mass is 253 g/mol. The Hall–Kier alpha value is -1.29. The van der Waals surface area contributed by atoms with Crippen LogP contribution < -0.4 is 0 Å². The van der Waals surface area contributed by atoms with Gasteiger partial charge in [0.1, 0.15) is 5.78 Å². The number of nitrogens with zero attached hydrogens (tertiary/aromatic N) is 1. The zero-order valence-corrected chi connectivity index (χ0v) is 10.4. The Morgan fingerprint density at radius 1 is 1.39 bits per heavy atom. The molecule has 1 saturated heterocycles. The topological polar surface area (TPSA) is 20.3 Å². The maximum atomic E-state index is 13.6. The third kappa shape index (κ3) is 2.93. The molecular formula is C14H17F2NO. The second-order valence-corrected chi connectivity index (χ2v) is 4.89. The molecule has 0 aromatic heterocycles. The van der Waals surface area contributed by atoms with Gasteiger partial charge in [0.25, 0.3) is 5.92 Å². The summed E-state index contributed by atoms with van der Waals surface area (Å²) in [6, 6.07) is 9.71. The van der Waals surface area contributed by atoms with Gasteiger partial charge in [-0.25, -0.2) is 8.78 Å². The minimum absolute atomic E-state index is 0.150. The number of likely N-dealkylation sites (tertiary alicyclic amines) is 1. The van der Waals surface area contributed by atoms with Crippen molar-refractivity contribution < 1.29 is 13.6 Å². The van der Waals surface area contributed by atoms with Crippen molar-refractivity contribution in [3.8, 4) is 0 Å². The molecular weight excluding hydrogens is 236 g/mol. The summed E-state index contributed by atoms with van der Waals surface area (Å²) < 4.78 is 27.2. The largest absolute Gasteiger partial charge is 0.299 e. The van der Waals surface area contributed by atoms with Crippen LogP contribution >= 0.6 is 0 Å². The predicted molar refractivity (Wildman–Crippen MR) is 65.5 cm³/mol. The lowest BCUT2D eigenvalue weighted by atomic mass is 9.90. The van der Waals surface area contributed by atoms with Crippen molar-refractivity contribution in [2.45, 2.75) is 25.8 Å². The Labute approximate surface area is 106 Å². The molecule has 98 valence electrons. The summed E-state index contributed by atoms with van der Waals surface area (Å²) in [4.78, 5) is 13.2. The predicted octanol–water partition coefficient (Wildman–Crippen LogP) is 2.73. The fourth-order valence-electron chi connectivity index (χ4n) is 2.38. The van der Waals surface area contributed by atoms with E-state index in [1.54, 1.807) is 0 Å². The second-order valence-electron chi connectivity index (χ2n) is 4.89. The summed E-state index contributed by atoms with van der Waals surface area (Å²) in [5, 5.41) is 0. The molecule has 4 heteroatoms. The molecule has 1 heterocycles. The Kier molecular flexibility index (Phi) is 3.76. The van der Waals surface area contributed by atoms with Gasteiger partial charge in [-0.05, 0) is 12.5 Å². The lowest BCUT2D eigenvalue weighted by Gasteiger charge is -2.37. The van der Waals surface area contributed by atoms with Gasteiger partial charge in [-0.15, -0.1) is 0 Å². The molecule has 0 N–H and O–H groups in total. The molecule has 1 aliphatic heterocycles. The zero-order chi connectivity index (χ0) is 13.2. The van der Waals surface area contributed by atoms with E-state index in [9.17, 15) is 13.6 Å². The number of ketones is 1. The molecule has 1 aromatic rings. The highest BCUT2D eigenvalue weighted by Crippen LogP contribution is 2.34. The molecule has 1 aromatic carbocycles. The summed E-state index contributed by atoms with van der Waals surface area (Å²) in [7, 11) is 0. The standard InChI is InChI=1S/C14H17F2NO/c1-11(18)13-10-17(8-7-14(13,15)16)9-12-5-3-2-4-6-12/h2-6,13H,7-10H2,1H3. The van der Waals surface area contributed by atoms with Crippen LogP contribution in [0.3, 0.4) is 0 Å². The summed E-state index contributed by atoms with van der Waals surface area (Å²) >= 11 is 0. The van der Waals surface area contributed by atoms with E-state index in [4.69, 9.17) is 0 Å². The number of hydrogen-bond donors (Lipinski definition) is 0. The Balaban J connectivity index is 2.03. The van der Waals surface area contributed by atoms with Crippen LogP contribution in [0.2, 0.25) is 0 Å². The molecule has 18 heavy (non-hydrogen) atoms. The summed E-state index contributed by atoms with van der Waals surface area (Å²) in [6.07, 6.45) is -0.232. The first-order valence-electron chi connectivity index (χ1n) is 6.13. The SMILES string of the molecule is CC(=O)C1CN(Cc2ccccc2)CCC1(F)F. The van der Waals surface area contributed by atoms with Gasteiger partial charge in [0.2, 0.25) is 0 Å². The first kappa shape index (κ1) is 13.1. The summed E-state index contributed by atoms with van der Waals surface area (Å²) in [5.74, 6) is -4.42. The van der Waals surface area contributed by atoms with Gasteiger partial charge in [0.05, 0.1) is 5.92 Å². The van der Waals surface area contributed by atoms with Crippen molar-refractivity contribution in [1.82, 2.24) is 4.90 Å². The number of alkyl halides is 2. The fraction of sp³-hybridized carbons (Fsp3) is 0.500. The number of halogens is 2. The quantitative estimate of drug-likeness (QED) is 0.825. The van der Waals surface area contributed by atoms with E-state index in [0.717, 1.165) is 5.56 Å². The van der Waals surface area contributed by atoms with E-state index in [-0.39, 0.29) is 13.0 Å². The smallest absolute Gasteiger partial charge is 0.260 e. The van der Waals surface area contributed by atoms with Crippen molar-refractivity contribution >= 4 is 5.78 Å². The molecule has 0 amide bonds. The fourth-order valence-corrected chi connectivity index (χ4v) is 2.38. The number of carbonyl (C=O) groups excluding carboxylic acids is 1. The van der Waals surface area contributed by atoms with Crippen LogP contribution in [-0.4, -0.2) is 29.7 Å². The molecule has 2 rings (SSSR count). The van der Waals surface area contributed by atoms with Gasteiger partial charge in [0.15, 0.2) is 0 Å². The first-order valence-corrected chi connectivity index (χ1v) is 6.13. The van der Waals surface area contributed by atoms with E-state index in [0.29, 0.717) is 13.1 Å². The van der Waals surface area contributed by atoms with Crippen molar-refractivity contribution in [1.29, 1.82) is 0 Å². The van der Waals surface area contributed by atoms with E-state index < -0.39 is 17.6 Å². The van der Waals surface area contributed by atoms with Crippen LogP contribution in [0.5, 0.6) is 0 Å². The number of rotatable bonds is 3. The van der Waals surface area contributed by atoms with Crippen LogP contribution in [0.1, 0.15) is 18.9 Å². The highest BCUT2D eigenvalue weighted by molar-refractivity contribution is 5.79. The average Bonchev–Trinajstić information content (AvgIpc) is 2.32. The molecule has 1 fully saturated rings. The van der Waals surface area contributed by atoms with Gasteiger partial charge in [0, 0.05) is 26.1 Å². The van der Waals surface area contributed by atoms with E-state index in [2.05, 4.69) is 0 Å². The van der Waals surface area contributed by atoms with Crippen LogP contribution in [0.25, 0.3) is 0 Å². The number of piperidine rings is 1. The minimum atomic E-state index is -2.85. The van der Waals surface area contributed by atoms with Crippen molar-refractivity contribution in [2.24, 2.45) is 5.92 Å². The van der Waals surface area contributed by atoms with E-state index in [1.165, 1.54) is 6.92 Å². The average molecular weight is 253 g/mol. The van der Waals surface area contributed by atoms with Crippen molar-refractivity contribution in [3.63, 3.8) is 0 Å². The summed E-state index contributed by atoms with van der Waals surface area (Å²) in [6.45, 7) is 2.37. The highest BCUT2D eigenvalue weighted by atomic mass is 19.3. The van der Waals surface area contributed by atoms with Gasteiger partial charge in [-0.1, -0.05) is 30.3 Å². The molecule has 2 nitrogen and oxygen atoms in total. The minimum Gasteiger partial charge on any atom is -0.299 e.